The first-order chi connectivity index (χ1) is 10.4. The van der Waals surface area contributed by atoms with E-state index in [1.165, 1.54) is 6.07 Å². The maximum Gasteiger partial charge on any atom is 0.422 e. The molecule has 0 radical (unpaired) electrons. The molecular weight excluding hydrogens is 301 g/mol. The van der Waals surface area contributed by atoms with Crippen molar-refractivity contribution < 1.29 is 22.0 Å². The van der Waals surface area contributed by atoms with Gasteiger partial charge in [0.2, 0.25) is 0 Å². The van der Waals surface area contributed by atoms with E-state index in [4.69, 9.17) is 0 Å². The van der Waals surface area contributed by atoms with Gasteiger partial charge in [-0.1, -0.05) is 24.3 Å². The summed E-state index contributed by atoms with van der Waals surface area (Å²) in [5.41, 5.74) is -1.16. The normalized spacial score (nSPS) is 11.9. The van der Waals surface area contributed by atoms with Gasteiger partial charge < -0.3 is 0 Å². The summed E-state index contributed by atoms with van der Waals surface area (Å²) in [4.78, 5) is 4.20. The van der Waals surface area contributed by atoms with Gasteiger partial charge in [-0.05, 0) is 24.3 Å². The maximum absolute atomic E-state index is 13.6. The maximum atomic E-state index is 13.6. The Bertz CT molecular complexity index is 832. The number of aromatic nitrogens is 1. The zero-order valence-corrected chi connectivity index (χ0v) is 11.0. The first kappa shape index (κ1) is 14.4. The summed E-state index contributed by atoms with van der Waals surface area (Å²) in [6, 6.07) is 11.5. The molecule has 22 heavy (non-hydrogen) atoms. The Kier molecular flexibility index (Phi) is 3.31. The predicted octanol–water partition coefficient (Wildman–Crippen LogP) is 5.20. The number of nitrogens with zero attached hydrogens (tertiary/aromatic N) is 1. The Labute approximate surface area is 122 Å². The van der Waals surface area contributed by atoms with Crippen molar-refractivity contribution in [2.75, 3.05) is 0 Å². The van der Waals surface area contributed by atoms with Crippen LogP contribution in [-0.4, -0.2) is 4.98 Å². The van der Waals surface area contributed by atoms with Crippen LogP contribution in [0.15, 0.2) is 48.5 Å². The number of fused-ring (bicyclic) bond motifs is 1. The van der Waals surface area contributed by atoms with Crippen molar-refractivity contribution in [3.63, 3.8) is 0 Å². The quantitative estimate of drug-likeness (QED) is 0.563. The fourth-order valence-electron chi connectivity index (χ4n) is 2.22. The molecule has 0 saturated carbocycles. The van der Waals surface area contributed by atoms with Crippen LogP contribution in [-0.2, 0) is 6.18 Å². The van der Waals surface area contributed by atoms with E-state index in [1.54, 1.807) is 30.3 Å². The third kappa shape index (κ3) is 2.52. The van der Waals surface area contributed by atoms with E-state index in [2.05, 4.69) is 4.98 Å². The number of halogens is 5. The van der Waals surface area contributed by atoms with Crippen molar-refractivity contribution in [2.24, 2.45) is 0 Å². The number of para-hydroxylation sites is 1. The summed E-state index contributed by atoms with van der Waals surface area (Å²) >= 11 is 0. The summed E-state index contributed by atoms with van der Waals surface area (Å²) in [6.07, 6.45) is -5.08. The van der Waals surface area contributed by atoms with Crippen molar-refractivity contribution in [1.82, 2.24) is 4.98 Å². The van der Waals surface area contributed by atoms with Crippen molar-refractivity contribution >= 4 is 10.9 Å². The molecule has 0 aliphatic heterocycles. The van der Waals surface area contributed by atoms with Gasteiger partial charge in [0.05, 0.1) is 11.2 Å². The van der Waals surface area contributed by atoms with Crippen molar-refractivity contribution in [3.05, 3.63) is 65.7 Å². The standard InChI is InChI=1S/C16H8F5N/c17-11-7-10(8-12(18)15(11)16(19,20)21)14-6-5-9-3-1-2-4-13(9)22-14/h1-8H. The Balaban J connectivity index is 2.15. The summed E-state index contributed by atoms with van der Waals surface area (Å²) < 4.78 is 64.9. The molecule has 3 rings (SSSR count). The van der Waals surface area contributed by atoms with Crippen molar-refractivity contribution in [3.8, 4) is 11.3 Å². The second-order valence-electron chi connectivity index (χ2n) is 4.70. The van der Waals surface area contributed by atoms with Crippen molar-refractivity contribution in [2.45, 2.75) is 6.18 Å². The van der Waals surface area contributed by atoms with Gasteiger partial charge in [-0.25, -0.2) is 13.8 Å². The summed E-state index contributed by atoms with van der Waals surface area (Å²) in [6.45, 7) is 0. The van der Waals surface area contributed by atoms with Crippen molar-refractivity contribution in [1.29, 1.82) is 0 Å². The van der Waals surface area contributed by atoms with E-state index in [-0.39, 0.29) is 11.3 Å². The summed E-state index contributed by atoms with van der Waals surface area (Å²) in [7, 11) is 0. The molecule has 0 aliphatic carbocycles. The molecule has 3 aromatic rings. The lowest BCUT2D eigenvalue weighted by atomic mass is 10.1. The van der Waals surface area contributed by atoms with Gasteiger partial charge in [0, 0.05) is 10.9 Å². The van der Waals surface area contributed by atoms with Gasteiger partial charge in [-0.15, -0.1) is 0 Å². The largest absolute Gasteiger partial charge is 0.422 e. The first-order valence-corrected chi connectivity index (χ1v) is 6.28. The Hall–Kier alpha value is -2.50. The van der Waals surface area contributed by atoms with Crippen LogP contribution in [0.1, 0.15) is 5.56 Å². The molecule has 1 heterocycles. The number of rotatable bonds is 1. The topological polar surface area (TPSA) is 12.9 Å². The molecule has 2 aromatic carbocycles. The lowest BCUT2D eigenvalue weighted by Crippen LogP contribution is -2.11. The number of benzene rings is 2. The molecule has 0 unspecified atom stereocenters. The second-order valence-corrected chi connectivity index (χ2v) is 4.70. The molecule has 0 atom stereocenters. The van der Waals surface area contributed by atoms with E-state index in [9.17, 15) is 22.0 Å². The Morgan fingerprint density at radius 1 is 0.818 bits per heavy atom. The lowest BCUT2D eigenvalue weighted by Gasteiger charge is -2.11. The molecule has 0 spiro atoms. The highest BCUT2D eigenvalue weighted by Gasteiger charge is 2.38. The zero-order valence-electron chi connectivity index (χ0n) is 11.0. The minimum atomic E-state index is -5.08. The fourth-order valence-corrected chi connectivity index (χ4v) is 2.22. The minimum Gasteiger partial charge on any atom is -0.248 e. The number of pyridine rings is 1. The van der Waals surface area contributed by atoms with Gasteiger partial charge >= 0.3 is 6.18 Å². The third-order valence-corrected chi connectivity index (χ3v) is 3.22. The molecule has 112 valence electrons. The predicted molar refractivity (Wildman–Crippen MR) is 72.1 cm³/mol. The molecule has 0 saturated heterocycles. The van der Waals surface area contributed by atoms with Gasteiger partial charge in [-0.3, -0.25) is 0 Å². The van der Waals surface area contributed by atoms with Crippen LogP contribution in [0.4, 0.5) is 22.0 Å². The average molecular weight is 309 g/mol. The van der Waals surface area contributed by atoms with Crippen LogP contribution >= 0.6 is 0 Å². The average Bonchev–Trinajstić information content (AvgIpc) is 2.44. The van der Waals surface area contributed by atoms with E-state index in [1.807, 2.05) is 0 Å². The van der Waals surface area contributed by atoms with E-state index in [0.717, 1.165) is 5.39 Å². The van der Waals surface area contributed by atoms with Gasteiger partial charge in [0.15, 0.2) is 0 Å². The van der Waals surface area contributed by atoms with Crippen LogP contribution in [0.25, 0.3) is 22.2 Å². The highest BCUT2D eigenvalue weighted by molar-refractivity contribution is 5.81. The molecular formula is C16H8F5N. The molecule has 1 aromatic heterocycles. The molecule has 0 amide bonds. The highest BCUT2D eigenvalue weighted by Crippen LogP contribution is 2.35. The number of hydrogen-bond acceptors (Lipinski definition) is 1. The highest BCUT2D eigenvalue weighted by atomic mass is 19.4. The smallest absolute Gasteiger partial charge is 0.248 e. The van der Waals surface area contributed by atoms with Gasteiger partial charge in [0.1, 0.15) is 17.2 Å². The van der Waals surface area contributed by atoms with Crippen LogP contribution in [0.3, 0.4) is 0 Å². The Morgan fingerprint density at radius 3 is 2.09 bits per heavy atom. The molecule has 6 heteroatoms. The van der Waals surface area contributed by atoms with Crippen LogP contribution in [0.2, 0.25) is 0 Å². The van der Waals surface area contributed by atoms with E-state index >= 15 is 0 Å². The summed E-state index contributed by atoms with van der Waals surface area (Å²) in [5.74, 6) is -3.31. The second kappa shape index (κ2) is 5.05. The molecule has 0 N–H and O–H groups in total. The van der Waals surface area contributed by atoms with E-state index in [0.29, 0.717) is 17.6 Å². The van der Waals surface area contributed by atoms with Gasteiger partial charge in [0.25, 0.3) is 0 Å². The number of alkyl halides is 3. The van der Waals surface area contributed by atoms with Crippen LogP contribution < -0.4 is 0 Å². The first-order valence-electron chi connectivity index (χ1n) is 6.28. The Morgan fingerprint density at radius 2 is 1.45 bits per heavy atom. The number of hydrogen-bond donors (Lipinski definition) is 0. The van der Waals surface area contributed by atoms with E-state index < -0.39 is 23.4 Å². The monoisotopic (exact) mass is 309 g/mol. The van der Waals surface area contributed by atoms with Crippen LogP contribution in [0.5, 0.6) is 0 Å². The zero-order chi connectivity index (χ0) is 15.9. The third-order valence-electron chi connectivity index (χ3n) is 3.22. The van der Waals surface area contributed by atoms with Gasteiger partial charge in [-0.2, -0.15) is 13.2 Å². The molecule has 1 nitrogen and oxygen atoms in total. The molecule has 0 fully saturated rings. The SMILES string of the molecule is Fc1cc(-c2ccc3ccccc3n2)cc(F)c1C(F)(F)F. The molecule has 0 bridgehead atoms. The molecule has 0 aliphatic rings. The minimum absolute atomic E-state index is 0.0475. The summed E-state index contributed by atoms with van der Waals surface area (Å²) in [5, 5.41) is 0.819. The fraction of sp³-hybridized carbons (Fsp3) is 0.0625. The van der Waals surface area contributed by atoms with Crippen LogP contribution in [0, 0.1) is 11.6 Å². The lowest BCUT2D eigenvalue weighted by molar-refractivity contribution is -0.142.